The Morgan fingerprint density at radius 1 is 1.50 bits per heavy atom. The number of aromatic nitrogens is 2. The van der Waals surface area contributed by atoms with Gasteiger partial charge in [0, 0.05) is 0 Å². The van der Waals surface area contributed by atoms with Gasteiger partial charge in [0.15, 0.2) is 5.69 Å². The Balaban J connectivity index is 2.33. The van der Waals surface area contributed by atoms with E-state index in [2.05, 4.69) is 10.3 Å². The van der Waals surface area contributed by atoms with Gasteiger partial charge in [-0.1, -0.05) is 11.6 Å². The number of nitrogens with zero attached hydrogens (tertiary/aromatic N) is 2. The van der Waals surface area contributed by atoms with Crippen molar-refractivity contribution >= 4 is 23.5 Å². The van der Waals surface area contributed by atoms with Crippen LogP contribution in [0.3, 0.4) is 0 Å². The molecule has 2 aromatic rings. The van der Waals surface area contributed by atoms with Crippen LogP contribution in [0.25, 0.3) is 5.69 Å². The number of hydrogen-bond acceptors (Lipinski definition) is 3. The minimum Gasteiger partial charge on any atom is -0.476 e. The average Bonchev–Trinajstić information content (AvgIpc) is 2.77. The molecule has 2 heterocycles. The maximum Gasteiger partial charge on any atom is 0.356 e. The topological polar surface area (TPSA) is 84.2 Å². The number of fused-ring (bicyclic) bond motifs is 3. The third-order valence-electron chi connectivity index (χ3n) is 3.04. The fourth-order valence-electron chi connectivity index (χ4n) is 2.14. The molecule has 6 nitrogen and oxygen atoms in total. The molecule has 1 amide bonds. The highest BCUT2D eigenvalue weighted by Crippen LogP contribution is 2.29. The normalized spacial score (nSPS) is 13.2. The summed E-state index contributed by atoms with van der Waals surface area (Å²) in [5.41, 5.74) is 0.382. The first-order valence-electron chi connectivity index (χ1n) is 5.56. The second-order valence-corrected chi connectivity index (χ2v) is 4.53. The third-order valence-corrected chi connectivity index (χ3v) is 3.41. The summed E-state index contributed by atoms with van der Waals surface area (Å²) in [7, 11) is 0. The number of halogens is 2. The van der Waals surface area contributed by atoms with Crippen molar-refractivity contribution in [1.29, 1.82) is 0 Å². The van der Waals surface area contributed by atoms with E-state index in [4.69, 9.17) is 16.7 Å². The Morgan fingerprint density at radius 3 is 2.95 bits per heavy atom. The van der Waals surface area contributed by atoms with E-state index in [1.54, 1.807) is 0 Å². The van der Waals surface area contributed by atoms with Gasteiger partial charge in [-0.25, -0.2) is 14.2 Å². The first-order chi connectivity index (χ1) is 9.50. The fourth-order valence-corrected chi connectivity index (χ4v) is 2.38. The number of aromatic carboxylic acids is 1. The van der Waals surface area contributed by atoms with Gasteiger partial charge in [0.25, 0.3) is 5.91 Å². The molecular formula is C12H7ClFN3O3. The molecule has 0 unspecified atom stereocenters. The second-order valence-electron chi connectivity index (χ2n) is 4.15. The number of amides is 1. The molecule has 1 aromatic carbocycles. The number of imidazole rings is 1. The third kappa shape index (κ3) is 1.67. The van der Waals surface area contributed by atoms with Gasteiger partial charge in [0.05, 0.1) is 28.5 Å². The highest BCUT2D eigenvalue weighted by atomic mass is 35.5. The lowest BCUT2D eigenvalue weighted by molar-refractivity contribution is 0.0688. The molecule has 1 aromatic heterocycles. The molecule has 3 rings (SSSR count). The van der Waals surface area contributed by atoms with Crippen molar-refractivity contribution in [3.8, 4) is 5.69 Å². The van der Waals surface area contributed by atoms with Crippen LogP contribution in [0, 0.1) is 5.82 Å². The van der Waals surface area contributed by atoms with Crippen LogP contribution < -0.4 is 5.32 Å². The largest absolute Gasteiger partial charge is 0.476 e. The zero-order chi connectivity index (χ0) is 14.4. The fraction of sp³-hybridized carbons (Fsp3) is 0.0833. The number of carbonyl (C=O) groups is 2. The summed E-state index contributed by atoms with van der Waals surface area (Å²) in [4.78, 5) is 26.9. The van der Waals surface area contributed by atoms with Gasteiger partial charge in [0.1, 0.15) is 12.1 Å². The maximum absolute atomic E-state index is 13.5. The van der Waals surface area contributed by atoms with Crippen LogP contribution in [-0.2, 0) is 6.54 Å². The lowest BCUT2D eigenvalue weighted by Gasteiger charge is -2.09. The van der Waals surface area contributed by atoms with Gasteiger partial charge < -0.3 is 10.4 Å². The Morgan fingerprint density at radius 2 is 2.25 bits per heavy atom. The number of carboxylic acid groups (broad SMARTS) is 1. The van der Waals surface area contributed by atoms with Crippen LogP contribution in [0.2, 0.25) is 5.02 Å². The maximum atomic E-state index is 13.5. The Labute approximate surface area is 116 Å². The van der Waals surface area contributed by atoms with Crippen LogP contribution in [-0.4, -0.2) is 26.5 Å². The summed E-state index contributed by atoms with van der Waals surface area (Å²) in [6.45, 7) is -0.0346. The minimum atomic E-state index is -1.20. The van der Waals surface area contributed by atoms with Crippen molar-refractivity contribution in [2.45, 2.75) is 6.54 Å². The van der Waals surface area contributed by atoms with Gasteiger partial charge in [-0.2, -0.15) is 0 Å². The SMILES string of the molecule is O=C(O)c1ncn2c1CNC(=O)c1c-2ccc(F)c1Cl. The van der Waals surface area contributed by atoms with E-state index in [-0.39, 0.29) is 22.8 Å². The molecule has 2 N–H and O–H groups in total. The van der Waals surface area contributed by atoms with Gasteiger partial charge in [-0.15, -0.1) is 0 Å². The van der Waals surface area contributed by atoms with Crippen LogP contribution in [0.5, 0.6) is 0 Å². The molecule has 0 bridgehead atoms. The molecule has 0 saturated heterocycles. The van der Waals surface area contributed by atoms with Crippen molar-refractivity contribution in [3.05, 3.63) is 46.3 Å². The molecule has 8 heteroatoms. The lowest BCUT2D eigenvalue weighted by atomic mass is 10.1. The van der Waals surface area contributed by atoms with Gasteiger partial charge in [-0.05, 0) is 12.1 Å². The van der Waals surface area contributed by atoms with E-state index in [0.29, 0.717) is 11.4 Å². The number of carboxylic acids is 1. The summed E-state index contributed by atoms with van der Waals surface area (Å²) in [5.74, 6) is -2.49. The van der Waals surface area contributed by atoms with Crippen LogP contribution in [0.4, 0.5) is 4.39 Å². The molecule has 0 saturated carbocycles. The molecule has 0 atom stereocenters. The number of benzene rings is 1. The highest BCUT2D eigenvalue weighted by Gasteiger charge is 2.27. The number of hydrogen-bond donors (Lipinski definition) is 2. The van der Waals surface area contributed by atoms with Crippen LogP contribution in [0.15, 0.2) is 18.5 Å². The molecule has 1 aliphatic heterocycles. The van der Waals surface area contributed by atoms with E-state index < -0.39 is 17.7 Å². The Bertz CT molecular complexity index is 757. The Hall–Kier alpha value is -2.41. The predicted molar refractivity (Wildman–Crippen MR) is 66.7 cm³/mol. The van der Waals surface area contributed by atoms with Crippen molar-refractivity contribution < 1.29 is 19.1 Å². The van der Waals surface area contributed by atoms with Gasteiger partial charge >= 0.3 is 5.97 Å². The van der Waals surface area contributed by atoms with E-state index in [9.17, 15) is 14.0 Å². The molecule has 102 valence electrons. The molecule has 0 spiro atoms. The average molecular weight is 296 g/mol. The Kier molecular flexibility index (Phi) is 2.72. The van der Waals surface area contributed by atoms with E-state index in [0.717, 1.165) is 6.07 Å². The van der Waals surface area contributed by atoms with Gasteiger partial charge in [-0.3, -0.25) is 9.36 Å². The second kappa shape index (κ2) is 4.31. The standard InChI is InChI=1S/C12H7ClFN3O3/c13-9-5(14)1-2-6-8(9)11(18)15-3-7-10(12(19)20)16-4-17(6)7/h1-2,4H,3H2,(H,15,18)(H,19,20). The van der Waals surface area contributed by atoms with E-state index in [1.807, 2.05) is 0 Å². The predicted octanol–water partition coefficient (Wildman–Crippen LogP) is 1.61. The van der Waals surface area contributed by atoms with Crippen molar-refractivity contribution in [3.63, 3.8) is 0 Å². The zero-order valence-corrected chi connectivity index (χ0v) is 10.6. The zero-order valence-electron chi connectivity index (χ0n) is 9.85. The van der Waals surface area contributed by atoms with Crippen molar-refractivity contribution in [2.24, 2.45) is 0 Å². The quantitative estimate of drug-likeness (QED) is 0.837. The smallest absolute Gasteiger partial charge is 0.356 e. The molecule has 1 aliphatic rings. The monoisotopic (exact) mass is 295 g/mol. The van der Waals surface area contributed by atoms with Crippen molar-refractivity contribution in [2.75, 3.05) is 0 Å². The van der Waals surface area contributed by atoms with Crippen LogP contribution in [0.1, 0.15) is 26.5 Å². The molecule has 0 aliphatic carbocycles. The van der Waals surface area contributed by atoms with Crippen LogP contribution >= 0.6 is 11.6 Å². The van der Waals surface area contributed by atoms with Crippen molar-refractivity contribution in [1.82, 2.24) is 14.9 Å². The molecule has 0 radical (unpaired) electrons. The molecule has 20 heavy (non-hydrogen) atoms. The summed E-state index contributed by atoms with van der Waals surface area (Å²) in [6.07, 6.45) is 1.27. The summed E-state index contributed by atoms with van der Waals surface area (Å²) in [5, 5.41) is 11.2. The number of nitrogens with one attached hydrogen (secondary N) is 1. The van der Waals surface area contributed by atoms with E-state index >= 15 is 0 Å². The number of rotatable bonds is 1. The van der Waals surface area contributed by atoms with E-state index in [1.165, 1.54) is 17.0 Å². The first kappa shape index (κ1) is 12.6. The summed E-state index contributed by atoms with van der Waals surface area (Å²) < 4.78 is 14.9. The molecular weight excluding hydrogens is 289 g/mol. The summed E-state index contributed by atoms with van der Waals surface area (Å²) >= 11 is 5.83. The lowest BCUT2D eigenvalue weighted by Crippen LogP contribution is -2.22. The minimum absolute atomic E-state index is 0.0346. The number of carbonyl (C=O) groups excluding carboxylic acids is 1. The summed E-state index contributed by atoms with van der Waals surface area (Å²) in [6, 6.07) is 2.47. The highest BCUT2D eigenvalue weighted by molar-refractivity contribution is 6.34. The first-order valence-corrected chi connectivity index (χ1v) is 5.94. The van der Waals surface area contributed by atoms with Gasteiger partial charge in [0.2, 0.25) is 0 Å². The molecule has 0 fully saturated rings.